The first-order valence-electron chi connectivity index (χ1n) is 10.3. The molecule has 0 fully saturated rings. The van der Waals surface area contributed by atoms with Crippen molar-refractivity contribution in [2.75, 3.05) is 19.8 Å². The van der Waals surface area contributed by atoms with Gasteiger partial charge in [0, 0.05) is 12.8 Å². The van der Waals surface area contributed by atoms with Crippen LogP contribution in [0.5, 0.6) is 17.4 Å². The molecule has 0 spiro atoms. The maximum absolute atomic E-state index is 12.8. The Morgan fingerprint density at radius 3 is 2.48 bits per heavy atom. The number of ether oxygens (including phenoxy) is 4. The van der Waals surface area contributed by atoms with Gasteiger partial charge in [0.1, 0.15) is 23.1 Å². The average Bonchev–Trinajstić information content (AvgIpc) is 2.75. The second kappa shape index (κ2) is 10.3. The second-order valence-electron chi connectivity index (χ2n) is 5.39. The van der Waals surface area contributed by atoms with E-state index in [0.29, 0.717) is 18.9 Å². The first kappa shape index (κ1) is 17.3. The van der Waals surface area contributed by atoms with Gasteiger partial charge < -0.3 is 18.9 Å². The SMILES string of the molecule is [2H]c1c([2H])c(OC(C)C(=O)OCCOCC)c([2H])c([2H])c1Oc1ncc(C(F)(F)F)cc1Cl. The molecule has 1 atom stereocenters. The summed E-state index contributed by atoms with van der Waals surface area (Å²) >= 11 is 5.78. The number of rotatable bonds is 9. The first-order chi connectivity index (χ1) is 15.4. The van der Waals surface area contributed by atoms with Crippen molar-refractivity contribution in [3.8, 4) is 17.4 Å². The van der Waals surface area contributed by atoms with Crippen LogP contribution in [0.25, 0.3) is 0 Å². The molecule has 1 aromatic carbocycles. The fourth-order valence-corrected chi connectivity index (χ4v) is 2.04. The fourth-order valence-electron chi connectivity index (χ4n) is 1.84. The summed E-state index contributed by atoms with van der Waals surface area (Å²) in [6.45, 7) is 3.64. The zero-order chi connectivity index (χ0) is 24.9. The number of aromatic nitrogens is 1. The number of alkyl halides is 3. The number of hydrogen-bond donors (Lipinski definition) is 0. The molecule has 158 valence electrons. The molecule has 10 heteroatoms. The van der Waals surface area contributed by atoms with E-state index in [-0.39, 0.29) is 13.2 Å². The minimum Gasteiger partial charge on any atom is -0.479 e. The maximum Gasteiger partial charge on any atom is 0.417 e. The molecule has 0 aliphatic rings. The van der Waals surface area contributed by atoms with Crippen LogP contribution in [0.1, 0.15) is 24.9 Å². The Bertz CT molecular complexity index is 997. The summed E-state index contributed by atoms with van der Waals surface area (Å²) in [5.41, 5.74) is -1.13. The van der Waals surface area contributed by atoms with Gasteiger partial charge >= 0.3 is 12.1 Å². The summed E-state index contributed by atoms with van der Waals surface area (Å²) in [5.74, 6) is -2.55. The summed E-state index contributed by atoms with van der Waals surface area (Å²) < 4.78 is 91.0. The number of hydrogen-bond acceptors (Lipinski definition) is 6. The summed E-state index contributed by atoms with van der Waals surface area (Å²) in [6, 6.07) is -2.27. The van der Waals surface area contributed by atoms with Gasteiger partial charge in [0.25, 0.3) is 0 Å². The molecule has 0 saturated heterocycles. The van der Waals surface area contributed by atoms with Gasteiger partial charge in [0.2, 0.25) is 5.88 Å². The number of carbonyl (C=O) groups is 1. The van der Waals surface area contributed by atoms with E-state index in [1.165, 1.54) is 6.92 Å². The monoisotopic (exact) mass is 437 g/mol. The Balaban J connectivity index is 2.27. The van der Waals surface area contributed by atoms with Crippen LogP contribution in [-0.4, -0.2) is 36.9 Å². The number of carbonyl (C=O) groups excluding carboxylic acids is 1. The minimum atomic E-state index is -4.70. The molecule has 0 saturated carbocycles. The van der Waals surface area contributed by atoms with E-state index in [9.17, 15) is 18.0 Å². The van der Waals surface area contributed by atoms with Crippen LogP contribution < -0.4 is 9.47 Å². The van der Waals surface area contributed by atoms with Gasteiger partial charge in [0.15, 0.2) is 6.10 Å². The largest absolute Gasteiger partial charge is 0.479 e. The lowest BCUT2D eigenvalue weighted by molar-refractivity contribution is -0.152. The third-order valence-electron chi connectivity index (χ3n) is 3.22. The van der Waals surface area contributed by atoms with Crippen LogP contribution in [0.4, 0.5) is 13.2 Å². The van der Waals surface area contributed by atoms with E-state index in [1.807, 2.05) is 0 Å². The third-order valence-corrected chi connectivity index (χ3v) is 3.49. The van der Waals surface area contributed by atoms with Crippen LogP contribution in [0.3, 0.4) is 0 Å². The quantitative estimate of drug-likeness (QED) is 0.411. The third kappa shape index (κ3) is 7.10. The average molecular weight is 438 g/mol. The molecule has 1 heterocycles. The predicted octanol–water partition coefficient (Wildman–Crippen LogP) is 4.89. The van der Waals surface area contributed by atoms with Crippen molar-refractivity contribution in [1.29, 1.82) is 0 Å². The lowest BCUT2D eigenvalue weighted by Crippen LogP contribution is -2.27. The van der Waals surface area contributed by atoms with Crippen molar-refractivity contribution in [1.82, 2.24) is 4.98 Å². The topological polar surface area (TPSA) is 66.9 Å². The van der Waals surface area contributed by atoms with E-state index < -0.39 is 70.4 Å². The lowest BCUT2D eigenvalue weighted by Gasteiger charge is -2.14. The molecule has 6 nitrogen and oxygen atoms in total. The van der Waals surface area contributed by atoms with E-state index in [2.05, 4.69) is 4.98 Å². The minimum absolute atomic E-state index is 0.0388. The highest BCUT2D eigenvalue weighted by atomic mass is 35.5. The first-order valence-corrected chi connectivity index (χ1v) is 8.68. The molecule has 0 N–H and O–H groups in total. The van der Waals surface area contributed by atoms with Crippen LogP contribution >= 0.6 is 11.6 Å². The van der Waals surface area contributed by atoms with Crippen LogP contribution in [0.2, 0.25) is 5.02 Å². The highest BCUT2D eigenvalue weighted by molar-refractivity contribution is 6.31. The van der Waals surface area contributed by atoms with Gasteiger partial charge in [0.05, 0.1) is 17.7 Å². The van der Waals surface area contributed by atoms with E-state index in [4.69, 9.17) is 36.0 Å². The Morgan fingerprint density at radius 1 is 1.24 bits per heavy atom. The van der Waals surface area contributed by atoms with Crippen molar-refractivity contribution >= 4 is 17.6 Å². The molecule has 0 radical (unpaired) electrons. The van der Waals surface area contributed by atoms with Gasteiger partial charge in [-0.1, -0.05) is 11.6 Å². The van der Waals surface area contributed by atoms with Crippen molar-refractivity contribution < 1.29 is 42.4 Å². The van der Waals surface area contributed by atoms with Crippen molar-refractivity contribution in [3.05, 3.63) is 47.0 Å². The summed E-state index contributed by atoms with van der Waals surface area (Å²) in [6.07, 6.45) is -5.51. The molecule has 1 aromatic heterocycles. The Hall–Kier alpha value is -2.52. The smallest absolute Gasteiger partial charge is 0.417 e. The normalized spacial score (nSPS) is 14.3. The fraction of sp³-hybridized carbons (Fsp3) is 0.368. The molecular formula is C19H19ClF3NO5. The van der Waals surface area contributed by atoms with Gasteiger partial charge in [-0.15, -0.1) is 0 Å². The van der Waals surface area contributed by atoms with Gasteiger partial charge in [-0.3, -0.25) is 0 Å². The molecule has 29 heavy (non-hydrogen) atoms. The zero-order valence-electron chi connectivity index (χ0n) is 19.4. The maximum atomic E-state index is 12.8. The van der Waals surface area contributed by atoms with Crippen LogP contribution in [0.15, 0.2) is 36.4 Å². The van der Waals surface area contributed by atoms with Crippen molar-refractivity contribution in [2.24, 2.45) is 0 Å². The van der Waals surface area contributed by atoms with Crippen molar-refractivity contribution in [3.63, 3.8) is 0 Å². The molecule has 2 rings (SSSR count). The Labute approximate surface area is 176 Å². The zero-order valence-corrected chi connectivity index (χ0v) is 16.1. The Kier molecular flexibility index (Phi) is 6.17. The molecule has 1 unspecified atom stereocenters. The van der Waals surface area contributed by atoms with E-state index >= 15 is 0 Å². The summed E-state index contributed by atoms with van der Waals surface area (Å²) in [4.78, 5) is 15.5. The number of halogens is 4. The Morgan fingerprint density at radius 2 is 1.90 bits per heavy atom. The number of benzene rings is 1. The van der Waals surface area contributed by atoms with Crippen LogP contribution in [-0.2, 0) is 20.4 Å². The number of pyridine rings is 1. The van der Waals surface area contributed by atoms with E-state index in [1.54, 1.807) is 6.92 Å². The second-order valence-corrected chi connectivity index (χ2v) is 5.80. The molecule has 0 bridgehead atoms. The molecular weight excluding hydrogens is 415 g/mol. The highest BCUT2D eigenvalue weighted by Gasteiger charge is 2.31. The summed E-state index contributed by atoms with van der Waals surface area (Å²) in [5, 5.41) is -0.551. The molecule has 0 aliphatic carbocycles. The predicted molar refractivity (Wildman–Crippen MR) is 98.3 cm³/mol. The van der Waals surface area contributed by atoms with Crippen molar-refractivity contribution in [2.45, 2.75) is 26.1 Å². The lowest BCUT2D eigenvalue weighted by atomic mass is 10.3. The van der Waals surface area contributed by atoms with Gasteiger partial charge in [-0.25, -0.2) is 9.78 Å². The van der Waals surface area contributed by atoms with Gasteiger partial charge in [-0.2, -0.15) is 13.2 Å². The summed E-state index contributed by atoms with van der Waals surface area (Å²) in [7, 11) is 0. The highest BCUT2D eigenvalue weighted by Crippen LogP contribution is 2.34. The number of esters is 1. The molecule has 0 aliphatic heterocycles. The molecule has 2 aromatic rings. The van der Waals surface area contributed by atoms with E-state index in [0.717, 1.165) is 0 Å². The van der Waals surface area contributed by atoms with Crippen LogP contribution in [0, 0.1) is 0 Å². The number of nitrogens with zero attached hydrogens (tertiary/aromatic N) is 1. The standard InChI is InChI=1S/C19H19ClF3NO5/c1-3-26-8-9-27-18(25)12(2)28-14-4-6-15(7-5-14)29-17-16(20)10-13(11-24-17)19(21,22)23/h4-7,10-12H,3,8-9H2,1-2H3/i4D,5D,6D,7D. The van der Waals surface area contributed by atoms with Gasteiger partial charge in [-0.05, 0) is 44.1 Å². The molecule has 0 amide bonds.